The number of phosphoric acid groups is 3. The molecular formula is C4H8N3O11P3. The van der Waals surface area contributed by atoms with Crippen molar-refractivity contribution in [3.05, 3.63) is 16.7 Å². The van der Waals surface area contributed by atoms with Crippen LogP contribution in [0.1, 0.15) is 0 Å². The number of anilines is 1. The Morgan fingerprint density at radius 1 is 1.10 bits per heavy atom. The van der Waals surface area contributed by atoms with Crippen molar-refractivity contribution in [1.29, 1.82) is 0 Å². The standard InChI is InChI=1S/C4H8N3O11P3/c5-3-2(1-6-4(8)7-3)16-20(12,13)18-21(14,15)17-19(9,10)11/h1H,(H,12,13)(H,14,15)(H2,9,10,11)(H3,5,6,7,8). The Balaban J connectivity index is 2.92. The van der Waals surface area contributed by atoms with Crippen molar-refractivity contribution >= 4 is 29.3 Å². The van der Waals surface area contributed by atoms with Crippen molar-refractivity contribution < 1.29 is 46.4 Å². The predicted molar refractivity (Wildman–Crippen MR) is 63.8 cm³/mol. The van der Waals surface area contributed by atoms with Gasteiger partial charge in [-0.3, -0.25) is 9.88 Å². The topological polar surface area (TPSA) is 232 Å². The third-order valence-electron chi connectivity index (χ3n) is 1.44. The predicted octanol–water partition coefficient (Wildman–Crippen LogP) is -0.942. The molecule has 0 radical (unpaired) electrons. The number of aromatic nitrogens is 2. The van der Waals surface area contributed by atoms with Gasteiger partial charge in [0, 0.05) is 0 Å². The average Bonchev–Trinajstić information content (AvgIpc) is 2.16. The molecule has 1 heterocycles. The monoisotopic (exact) mass is 367 g/mol. The van der Waals surface area contributed by atoms with Crippen molar-refractivity contribution in [2.24, 2.45) is 0 Å². The van der Waals surface area contributed by atoms with E-state index in [-0.39, 0.29) is 0 Å². The molecule has 0 aromatic carbocycles. The molecule has 0 aliphatic carbocycles. The van der Waals surface area contributed by atoms with Crippen LogP contribution in [0.2, 0.25) is 0 Å². The molecule has 1 aromatic rings. The van der Waals surface area contributed by atoms with Gasteiger partial charge in [0.25, 0.3) is 0 Å². The fourth-order valence-electron chi connectivity index (χ4n) is 0.889. The van der Waals surface area contributed by atoms with Gasteiger partial charge in [-0.2, -0.15) is 13.6 Å². The molecule has 120 valence electrons. The van der Waals surface area contributed by atoms with Gasteiger partial charge in [-0.05, 0) is 0 Å². The second-order valence-corrected chi connectivity index (χ2v) is 7.49. The summed E-state index contributed by atoms with van der Waals surface area (Å²) in [6, 6.07) is 0. The maximum absolute atomic E-state index is 11.4. The number of rotatable bonds is 6. The summed E-state index contributed by atoms with van der Waals surface area (Å²) in [4.78, 5) is 50.4. The van der Waals surface area contributed by atoms with Crippen LogP contribution in [0.25, 0.3) is 0 Å². The molecule has 2 unspecified atom stereocenters. The smallest absolute Gasteiger partial charge is 0.398 e. The van der Waals surface area contributed by atoms with Crippen molar-refractivity contribution in [1.82, 2.24) is 9.97 Å². The van der Waals surface area contributed by atoms with Crippen molar-refractivity contribution in [2.75, 3.05) is 5.73 Å². The number of hydrogen-bond donors (Lipinski definition) is 6. The van der Waals surface area contributed by atoms with E-state index in [0.29, 0.717) is 6.20 Å². The van der Waals surface area contributed by atoms with E-state index < -0.39 is 40.7 Å². The molecule has 0 bridgehead atoms. The largest absolute Gasteiger partial charge is 0.536 e. The second kappa shape index (κ2) is 5.97. The quantitative estimate of drug-likeness (QED) is 0.333. The third kappa shape index (κ3) is 6.48. The Morgan fingerprint density at radius 3 is 2.14 bits per heavy atom. The second-order valence-electron chi connectivity index (χ2n) is 3.15. The van der Waals surface area contributed by atoms with Gasteiger partial charge in [-0.1, -0.05) is 0 Å². The maximum Gasteiger partial charge on any atom is 0.536 e. The Hall–Kier alpha value is -1.07. The summed E-state index contributed by atoms with van der Waals surface area (Å²) in [6.07, 6.45) is 0.604. The minimum Gasteiger partial charge on any atom is -0.398 e. The fraction of sp³-hybridized carbons (Fsp3) is 0. The molecule has 0 spiro atoms. The van der Waals surface area contributed by atoms with E-state index in [0.717, 1.165) is 0 Å². The molecule has 7 N–H and O–H groups in total. The molecule has 0 aliphatic rings. The van der Waals surface area contributed by atoms with Crippen LogP contribution in [-0.2, 0) is 22.3 Å². The van der Waals surface area contributed by atoms with E-state index in [4.69, 9.17) is 25.3 Å². The Kier molecular flexibility index (Phi) is 5.11. The average molecular weight is 367 g/mol. The molecule has 2 atom stereocenters. The van der Waals surface area contributed by atoms with Crippen LogP contribution in [0.4, 0.5) is 5.82 Å². The summed E-state index contributed by atoms with van der Waals surface area (Å²) in [5.41, 5.74) is 4.29. The molecule has 17 heteroatoms. The van der Waals surface area contributed by atoms with Crippen LogP contribution in [0.5, 0.6) is 5.75 Å². The zero-order valence-electron chi connectivity index (χ0n) is 9.59. The number of nitrogens with one attached hydrogen (secondary N) is 1. The first kappa shape index (κ1) is 18.0. The van der Waals surface area contributed by atoms with Crippen LogP contribution in [-0.4, -0.2) is 29.5 Å². The molecule has 0 saturated carbocycles. The number of hydrogen-bond acceptors (Lipinski definition) is 9. The van der Waals surface area contributed by atoms with Gasteiger partial charge in [0.05, 0.1) is 6.20 Å². The van der Waals surface area contributed by atoms with Gasteiger partial charge < -0.3 is 24.9 Å². The van der Waals surface area contributed by atoms with Gasteiger partial charge in [0.1, 0.15) is 5.82 Å². The van der Waals surface area contributed by atoms with E-state index in [1.165, 1.54) is 0 Å². The summed E-state index contributed by atoms with van der Waals surface area (Å²) in [5, 5.41) is 0. The molecule has 0 aliphatic heterocycles. The summed E-state index contributed by atoms with van der Waals surface area (Å²) in [6.45, 7) is 0. The molecule has 0 fully saturated rings. The molecular weight excluding hydrogens is 359 g/mol. The summed E-state index contributed by atoms with van der Waals surface area (Å²) < 4.78 is 43.9. The van der Waals surface area contributed by atoms with Gasteiger partial charge in [-0.25, -0.2) is 18.5 Å². The van der Waals surface area contributed by atoms with Crippen LogP contribution in [0.3, 0.4) is 0 Å². The van der Waals surface area contributed by atoms with Gasteiger partial charge in [-0.15, -0.1) is 0 Å². The lowest BCUT2D eigenvalue weighted by molar-refractivity contribution is 0.206. The Labute approximate surface area is 115 Å². The lowest BCUT2D eigenvalue weighted by Gasteiger charge is -2.16. The molecule has 0 saturated heterocycles. The zero-order chi connectivity index (χ0) is 16.5. The lowest BCUT2D eigenvalue weighted by atomic mass is 10.5. The minimum absolute atomic E-state index is 0.559. The van der Waals surface area contributed by atoms with Crippen molar-refractivity contribution in [2.45, 2.75) is 0 Å². The number of H-pyrrole nitrogens is 1. The van der Waals surface area contributed by atoms with Gasteiger partial charge in [0.15, 0.2) is 5.75 Å². The Morgan fingerprint density at radius 2 is 1.67 bits per heavy atom. The fourth-order valence-corrected chi connectivity index (χ4v) is 3.92. The van der Waals surface area contributed by atoms with E-state index in [2.05, 4.69) is 18.1 Å². The number of nitrogens with two attached hydrogens (primary N) is 1. The lowest BCUT2D eigenvalue weighted by Crippen LogP contribution is -2.13. The molecule has 0 amide bonds. The summed E-state index contributed by atoms with van der Waals surface area (Å²) >= 11 is 0. The Bertz CT molecular complexity index is 722. The van der Waals surface area contributed by atoms with Crippen molar-refractivity contribution in [3.63, 3.8) is 0 Å². The van der Waals surface area contributed by atoms with Crippen LogP contribution in [0.15, 0.2) is 11.0 Å². The zero-order valence-corrected chi connectivity index (χ0v) is 12.3. The summed E-state index contributed by atoms with van der Waals surface area (Å²) in [5.74, 6) is -1.26. The highest BCUT2D eigenvalue weighted by Gasteiger charge is 2.41. The molecule has 14 nitrogen and oxygen atoms in total. The number of nitrogens with zero attached hydrogens (tertiary/aromatic N) is 1. The first-order chi connectivity index (χ1) is 9.30. The van der Waals surface area contributed by atoms with E-state index in [1.807, 2.05) is 4.98 Å². The normalized spacial score (nSPS) is 17.7. The van der Waals surface area contributed by atoms with Gasteiger partial charge in [0.2, 0.25) is 0 Å². The van der Waals surface area contributed by atoms with Gasteiger partial charge >= 0.3 is 29.2 Å². The van der Waals surface area contributed by atoms with Crippen LogP contribution in [0, 0.1) is 0 Å². The first-order valence-electron chi connectivity index (χ1n) is 4.48. The maximum atomic E-state index is 11.4. The molecule has 1 rings (SSSR count). The highest BCUT2D eigenvalue weighted by atomic mass is 31.3. The number of aromatic amines is 1. The SMILES string of the molecule is Nc1[nH]c(=O)ncc1OP(=O)(O)OP(=O)(O)OP(=O)(O)O. The molecule has 1 aromatic heterocycles. The highest BCUT2D eigenvalue weighted by Crippen LogP contribution is 2.66. The molecule has 21 heavy (non-hydrogen) atoms. The number of nitrogen functional groups attached to an aromatic ring is 1. The van der Waals surface area contributed by atoms with E-state index >= 15 is 0 Å². The minimum atomic E-state index is -5.63. The van der Waals surface area contributed by atoms with Crippen LogP contribution < -0.4 is 15.9 Å². The first-order valence-corrected chi connectivity index (χ1v) is 9.00. The highest BCUT2D eigenvalue weighted by molar-refractivity contribution is 7.66. The third-order valence-corrected chi connectivity index (χ3v) is 5.19. The van der Waals surface area contributed by atoms with Crippen LogP contribution >= 0.6 is 23.5 Å². The van der Waals surface area contributed by atoms with Crippen molar-refractivity contribution in [3.8, 4) is 5.75 Å². The van der Waals surface area contributed by atoms with E-state index in [1.54, 1.807) is 0 Å². The van der Waals surface area contributed by atoms with E-state index in [9.17, 15) is 18.5 Å². The summed E-state index contributed by atoms with van der Waals surface area (Å²) in [7, 11) is -16.5. The number of phosphoric ester groups is 1.